The van der Waals surface area contributed by atoms with Gasteiger partial charge in [-0.3, -0.25) is 0 Å². The van der Waals surface area contributed by atoms with Crippen molar-refractivity contribution in [3.63, 3.8) is 0 Å². The van der Waals surface area contributed by atoms with E-state index in [0.29, 0.717) is 6.79 Å². The van der Waals surface area contributed by atoms with Gasteiger partial charge in [-0.05, 0) is 53.0 Å². The molecule has 1 atom stereocenters. The Kier molecular flexibility index (Phi) is 3.20. The van der Waals surface area contributed by atoms with Gasteiger partial charge in [0, 0.05) is 19.4 Å². The van der Waals surface area contributed by atoms with E-state index in [1.807, 2.05) is 0 Å². The fourth-order valence-electron chi connectivity index (χ4n) is 4.18. The van der Waals surface area contributed by atoms with Crippen molar-refractivity contribution in [2.45, 2.75) is 25.8 Å². The molecule has 0 aliphatic carbocycles. The molecule has 0 saturated carbocycles. The Hall–Kier alpha value is -2.62. The number of aryl methyl sites for hydroxylation is 1. The normalized spacial score (nSPS) is 19.3. The first-order chi connectivity index (χ1) is 12.3. The average molecular weight is 337 g/mol. The molecule has 130 valence electrons. The molecule has 0 amide bonds. The van der Waals surface area contributed by atoms with E-state index < -0.39 is 0 Å². The van der Waals surface area contributed by atoms with Gasteiger partial charge in [-0.25, -0.2) is 0 Å². The van der Waals surface area contributed by atoms with Crippen LogP contribution in [0.5, 0.6) is 17.2 Å². The summed E-state index contributed by atoms with van der Waals surface area (Å²) in [5.74, 6) is 2.74. The van der Waals surface area contributed by atoms with Crippen molar-refractivity contribution >= 4 is 12.3 Å². The van der Waals surface area contributed by atoms with Gasteiger partial charge >= 0.3 is 0 Å². The molecule has 0 bridgehead atoms. The van der Waals surface area contributed by atoms with Crippen LogP contribution in [-0.2, 0) is 12.8 Å². The summed E-state index contributed by atoms with van der Waals surface area (Å²) in [6.07, 6.45) is 6.60. The first kappa shape index (κ1) is 14.7. The molecule has 1 unspecified atom stereocenters. The van der Waals surface area contributed by atoms with Gasteiger partial charge in [-0.15, -0.1) is 0 Å². The van der Waals surface area contributed by atoms with E-state index in [2.05, 4.69) is 48.4 Å². The monoisotopic (exact) mass is 337 g/mol. The first-order valence-electron chi connectivity index (χ1n) is 8.86. The molecule has 2 aromatic carbocycles. The summed E-state index contributed by atoms with van der Waals surface area (Å²) in [5, 5.41) is 2.43. The van der Waals surface area contributed by atoms with Crippen molar-refractivity contribution < 1.29 is 15.6 Å². The Labute approximate surface area is 148 Å². The number of ether oxygens (including phenoxy) is 3. The minimum absolute atomic E-state index is 0. The van der Waals surface area contributed by atoms with Crippen molar-refractivity contribution in [1.82, 2.24) is 4.90 Å². The first-order valence-corrected chi connectivity index (χ1v) is 8.86. The maximum absolute atomic E-state index is 5.73. The zero-order valence-electron chi connectivity index (χ0n) is 14.5. The summed E-state index contributed by atoms with van der Waals surface area (Å²) >= 11 is 0. The second-order valence-corrected chi connectivity index (χ2v) is 6.75. The van der Waals surface area contributed by atoms with Crippen LogP contribution in [0.25, 0.3) is 12.3 Å². The lowest BCUT2D eigenvalue weighted by molar-refractivity contribution is 0.174. The van der Waals surface area contributed by atoms with Gasteiger partial charge in [0.2, 0.25) is 6.79 Å². The standard InChI is InChI=1S/C21H21NO3.H2/c1-3-13-4-5-14-8-18-16-10-20-19(24-12-25-20)9-15(16)6-7-22(18)11-17(14)21(13)23-2;/h4-5,8-11,18H,3,6-7,12H2,1-2H3;1H. The number of hydrogen-bond acceptors (Lipinski definition) is 4. The lowest BCUT2D eigenvalue weighted by Gasteiger charge is -2.37. The Morgan fingerprint density at radius 1 is 1.24 bits per heavy atom. The quantitative estimate of drug-likeness (QED) is 0.842. The summed E-state index contributed by atoms with van der Waals surface area (Å²) in [6.45, 7) is 3.48. The molecule has 0 spiro atoms. The Morgan fingerprint density at radius 3 is 2.88 bits per heavy atom. The fourth-order valence-corrected chi connectivity index (χ4v) is 4.18. The van der Waals surface area contributed by atoms with E-state index in [9.17, 15) is 0 Å². The molecule has 4 heteroatoms. The van der Waals surface area contributed by atoms with E-state index in [-0.39, 0.29) is 7.47 Å². The molecule has 3 heterocycles. The highest BCUT2D eigenvalue weighted by Gasteiger charge is 2.29. The van der Waals surface area contributed by atoms with Crippen LogP contribution in [0.15, 0.2) is 24.3 Å². The summed E-state index contributed by atoms with van der Waals surface area (Å²) in [5.41, 5.74) is 3.93. The van der Waals surface area contributed by atoms with Gasteiger partial charge in [0.1, 0.15) is 5.75 Å². The van der Waals surface area contributed by atoms with Crippen LogP contribution in [0.1, 0.15) is 31.1 Å². The SMILES string of the molecule is CCc1ccc2c(c1OC)=CN1CCc3cc4c(cc3C1C=2)OCO4.[HH]. The highest BCUT2D eigenvalue weighted by molar-refractivity contribution is 5.58. The van der Waals surface area contributed by atoms with Crippen LogP contribution < -0.4 is 24.6 Å². The van der Waals surface area contributed by atoms with E-state index in [0.717, 1.165) is 36.6 Å². The van der Waals surface area contributed by atoms with Gasteiger partial charge in [-0.2, -0.15) is 0 Å². The molecule has 0 fully saturated rings. The molecular weight excluding hydrogens is 314 g/mol. The summed E-state index contributed by atoms with van der Waals surface area (Å²) in [4.78, 5) is 2.41. The number of benzene rings is 2. The highest BCUT2D eigenvalue weighted by Crippen LogP contribution is 2.41. The molecule has 25 heavy (non-hydrogen) atoms. The predicted octanol–water partition coefficient (Wildman–Crippen LogP) is 2.36. The van der Waals surface area contributed by atoms with Crippen molar-refractivity contribution in [1.29, 1.82) is 0 Å². The maximum atomic E-state index is 5.73. The summed E-state index contributed by atoms with van der Waals surface area (Å²) in [6, 6.07) is 8.94. The zero-order valence-corrected chi connectivity index (χ0v) is 14.5. The minimum atomic E-state index is 0. The van der Waals surface area contributed by atoms with E-state index >= 15 is 0 Å². The second-order valence-electron chi connectivity index (χ2n) is 6.75. The Bertz CT molecular complexity index is 986. The number of rotatable bonds is 2. The zero-order chi connectivity index (χ0) is 17.0. The van der Waals surface area contributed by atoms with Crippen LogP contribution in [0.4, 0.5) is 0 Å². The molecule has 0 radical (unpaired) electrons. The molecule has 5 rings (SSSR count). The summed E-state index contributed by atoms with van der Waals surface area (Å²) < 4.78 is 16.9. The van der Waals surface area contributed by atoms with E-state index in [1.165, 1.54) is 27.1 Å². The molecule has 3 aliphatic rings. The van der Waals surface area contributed by atoms with Crippen LogP contribution in [0, 0.1) is 0 Å². The lowest BCUT2D eigenvalue weighted by Crippen LogP contribution is -2.41. The molecule has 4 nitrogen and oxygen atoms in total. The molecule has 3 aliphatic heterocycles. The molecule has 0 saturated heterocycles. The van der Waals surface area contributed by atoms with Crippen molar-refractivity contribution in [2.75, 3.05) is 20.4 Å². The van der Waals surface area contributed by atoms with Gasteiger partial charge in [-0.1, -0.05) is 19.1 Å². The number of hydrogen-bond donors (Lipinski definition) is 0. The lowest BCUT2D eigenvalue weighted by atomic mass is 9.89. The third-order valence-electron chi connectivity index (χ3n) is 5.48. The van der Waals surface area contributed by atoms with E-state index in [4.69, 9.17) is 14.2 Å². The third-order valence-corrected chi connectivity index (χ3v) is 5.48. The van der Waals surface area contributed by atoms with Crippen molar-refractivity contribution in [3.05, 3.63) is 51.4 Å². The van der Waals surface area contributed by atoms with Crippen LogP contribution in [0.2, 0.25) is 0 Å². The van der Waals surface area contributed by atoms with Crippen molar-refractivity contribution in [2.24, 2.45) is 0 Å². The number of fused-ring (bicyclic) bond motifs is 5. The molecule has 0 N–H and O–H groups in total. The molecule has 0 aromatic heterocycles. The second kappa shape index (κ2) is 5.45. The number of methoxy groups -OCH3 is 1. The Morgan fingerprint density at radius 2 is 2.08 bits per heavy atom. The molecular formula is C21H23NO3. The summed E-state index contributed by atoms with van der Waals surface area (Å²) in [7, 11) is 1.76. The maximum Gasteiger partial charge on any atom is 0.231 e. The van der Waals surface area contributed by atoms with Gasteiger partial charge in [0.25, 0.3) is 0 Å². The van der Waals surface area contributed by atoms with Crippen molar-refractivity contribution in [3.8, 4) is 17.2 Å². The van der Waals surface area contributed by atoms with Gasteiger partial charge in [0.15, 0.2) is 11.5 Å². The van der Waals surface area contributed by atoms with E-state index in [1.54, 1.807) is 7.11 Å². The smallest absolute Gasteiger partial charge is 0.231 e. The third kappa shape index (κ3) is 2.13. The van der Waals surface area contributed by atoms with Gasteiger partial charge < -0.3 is 19.1 Å². The Balaban J connectivity index is 0.00000168. The average Bonchev–Trinajstić information content (AvgIpc) is 3.11. The fraction of sp³-hybridized carbons (Fsp3) is 0.333. The topological polar surface area (TPSA) is 30.9 Å². The molecule has 2 aromatic rings. The predicted molar refractivity (Wildman–Crippen MR) is 98.4 cm³/mol. The largest absolute Gasteiger partial charge is 0.496 e. The van der Waals surface area contributed by atoms with Crippen LogP contribution >= 0.6 is 0 Å². The highest BCUT2D eigenvalue weighted by atomic mass is 16.7. The minimum Gasteiger partial charge on any atom is -0.496 e. The van der Waals surface area contributed by atoms with Crippen LogP contribution in [-0.4, -0.2) is 25.3 Å². The van der Waals surface area contributed by atoms with Crippen LogP contribution in [0.3, 0.4) is 0 Å². The number of nitrogens with zero attached hydrogens (tertiary/aromatic N) is 1. The van der Waals surface area contributed by atoms with Gasteiger partial charge in [0.05, 0.1) is 13.2 Å².